The van der Waals surface area contributed by atoms with Gasteiger partial charge in [-0.05, 0) is 51.1 Å². The van der Waals surface area contributed by atoms with Crippen molar-refractivity contribution in [1.29, 1.82) is 0 Å². The van der Waals surface area contributed by atoms with Crippen molar-refractivity contribution in [3.8, 4) is 11.3 Å². The quantitative estimate of drug-likeness (QED) is 0.604. The Balaban J connectivity index is 1.80. The van der Waals surface area contributed by atoms with Crippen LogP contribution in [0.2, 0.25) is 5.02 Å². The molecule has 29 heavy (non-hydrogen) atoms. The van der Waals surface area contributed by atoms with Crippen LogP contribution in [0.3, 0.4) is 0 Å². The number of pyridine rings is 1. The number of nitrogens with one attached hydrogen (secondary N) is 1. The summed E-state index contributed by atoms with van der Waals surface area (Å²) in [5.41, 5.74) is 1.72. The van der Waals surface area contributed by atoms with E-state index in [4.69, 9.17) is 20.8 Å². The van der Waals surface area contributed by atoms with Crippen LogP contribution in [0.15, 0.2) is 40.9 Å². The summed E-state index contributed by atoms with van der Waals surface area (Å²) < 4.78 is 15.6. The van der Waals surface area contributed by atoms with Crippen molar-refractivity contribution in [2.24, 2.45) is 0 Å². The van der Waals surface area contributed by atoms with Crippen LogP contribution in [0, 0.1) is 0 Å². The number of alkyl carbamates (subject to hydrolysis) is 1. The van der Waals surface area contributed by atoms with Gasteiger partial charge >= 0.3 is 12.1 Å². The minimum atomic E-state index is -0.577. The van der Waals surface area contributed by atoms with Gasteiger partial charge in [0.05, 0.1) is 29.9 Å². The monoisotopic (exact) mass is 416 g/mol. The normalized spacial score (nSPS) is 11.3. The number of carbonyl (C=O) groups excluding carboxylic acids is 2. The van der Waals surface area contributed by atoms with Crippen molar-refractivity contribution in [1.82, 2.24) is 10.3 Å². The maximum Gasteiger partial charge on any atom is 0.408 e. The standard InChI is InChI=1S/C21H21ClN2O5/c1-21(2,3)29-20(26)24-11-15-8-14-7-13(9-16(22)18(14)28-15)17-6-5-12(10-23-17)19(25)27-4/h5-10H,11H2,1-4H3,(H,24,26). The fourth-order valence-electron chi connectivity index (χ4n) is 2.68. The zero-order valence-corrected chi connectivity index (χ0v) is 17.3. The summed E-state index contributed by atoms with van der Waals surface area (Å²) in [6, 6.07) is 8.76. The molecule has 8 heteroatoms. The molecule has 0 saturated carbocycles. The molecule has 1 N–H and O–H groups in total. The lowest BCUT2D eigenvalue weighted by Gasteiger charge is -2.19. The van der Waals surface area contributed by atoms with E-state index in [9.17, 15) is 9.59 Å². The minimum absolute atomic E-state index is 0.168. The summed E-state index contributed by atoms with van der Waals surface area (Å²) in [5.74, 6) is 0.0911. The number of carbonyl (C=O) groups is 2. The Labute approximate surface area is 173 Å². The van der Waals surface area contributed by atoms with Gasteiger partial charge in [-0.1, -0.05) is 11.6 Å². The third kappa shape index (κ3) is 5.06. The number of methoxy groups -OCH3 is 1. The van der Waals surface area contributed by atoms with Gasteiger partial charge in [0.2, 0.25) is 0 Å². The molecule has 0 aliphatic carbocycles. The van der Waals surface area contributed by atoms with Gasteiger partial charge in [-0.15, -0.1) is 0 Å². The van der Waals surface area contributed by atoms with E-state index in [1.165, 1.54) is 13.3 Å². The molecule has 0 radical (unpaired) electrons. The SMILES string of the molecule is COC(=O)c1ccc(-c2cc(Cl)c3oc(CNC(=O)OC(C)(C)C)cc3c2)nc1. The third-order valence-electron chi connectivity index (χ3n) is 3.91. The van der Waals surface area contributed by atoms with Gasteiger partial charge in [-0.2, -0.15) is 0 Å². The lowest BCUT2D eigenvalue weighted by atomic mass is 10.1. The van der Waals surface area contributed by atoms with E-state index in [0.29, 0.717) is 27.6 Å². The number of amides is 1. The Morgan fingerprint density at radius 2 is 1.97 bits per heavy atom. The van der Waals surface area contributed by atoms with E-state index in [0.717, 1.165) is 10.9 Å². The maximum atomic E-state index is 11.8. The zero-order chi connectivity index (χ0) is 21.2. The number of aromatic nitrogens is 1. The average Bonchev–Trinajstić information content (AvgIpc) is 3.08. The van der Waals surface area contributed by atoms with E-state index in [-0.39, 0.29) is 6.54 Å². The van der Waals surface area contributed by atoms with Crippen LogP contribution < -0.4 is 5.32 Å². The predicted molar refractivity (Wildman–Crippen MR) is 109 cm³/mol. The highest BCUT2D eigenvalue weighted by atomic mass is 35.5. The first kappa shape index (κ1) is 20.7. The summed E-state index contributed by atoms with van der Waals surface area (Å²) in [6.07, 6.45) is 0.921. The maximum absolute atomic E-state index is 11.8. The minimum Gasteiger partial charge on any atom is -0.465 e. The molecule has 0 atom stereocenters. The number of furan rings is 1. The van der Waals surface area contributed by atoms with Crippen LogP contribution >= 0.6 is 11.6 Å². The number of hydrogen-bond donors (Lipinski definition) is 1. The zero-order valence-electron chi connectivity index (χ0n) is 16.5. The molecule has 0 unspecified atom stereocenters. The molecule has 7 nitrogen and oxygen atoms in total. The first-order chi connectivity index (χ1) is 13.7. The highest BCUT2D eigenvalue weighted by molar-refractivity contribution is 6.35. The molecule has 2 heterocycles. The number of rotatable bonds is 4. The molecule has 3 rings (SSSR count). The third-order valence-corrected chi connectivity index (χ3v) is 4.19. The molecule has 1 amide bonds. The molecular formula is C21H21ClN2O5. The summed E-state index contributed by atoms with van der Waals surface area (Å²) in [4.78, 5) is 27.7. The second-order valence-electron chi connectivity index (χ2n) is 7.37. The van der Waals surface area contributed by atoms with E-state index in [2.05, 4.69) is 15.0 Å². The topological polar surface area (TPSA) is 90.7 Å². The molecule has 2 aromatic heterocycles. The number of esters is 1. The number of halogens is 1. The number of fused-ring (bicyclic) bond motifs is 1. The molecule has 1 aromatic carbocycles. The van der Waals surface area contributed by atoms with Crippen molar-refractivity contribution < 1.29 is 23.5 Å². The van der Waals surface area contributed by atoms with Crippen LogP contribution in [-0.4, -0.2) is 29.8 Å². The molecule has 0 spiro atoms. The Morgan fingerprint density at radius 3 is 2.59 bits per heavy atom. The van der Waals surface area contributed by atoms with E-state index in [1.54, 1.807) is 45.0 Å². The Bertz CT molecular complexity index is 1050. The van der Waals surface area contributed by atoms with Gasteiger partial charge in [0.1, 0.15) is 11.4 Å². The largest absolute Gasteiger partial charge is 0.465 e. The van der Waals surface area contributed by atoms with E-state index in [1.807, 2.05) is 6.07 Å². The van der Waals surface area contributed by atoms with Gasteiger partial charge in [-0.25, -0.2) is 9.59 Å². The molecule has 0 aliphatic rings. The van der Waals surface area contributed by atoms with Gasteiger partial charge in [0.25, 0.3) is 0 Å². The van der Waals surface area contributed by atoms with E-state index >= 15 is 0 Å². The Kier molecular flexibility index (Phi) is 5.79. The van der Waals surface area contributed by atoms with Crippen LogP contribution in [0.1, 0.15) is 36.9 Å². The summed E-state index contributed by atoms with van der Waals surface area (Å²) in [6.45, 7) is 5.55. The highest BCUT2D eigenvalue weighted by Gasteiger charge is 2.17. The first-order valence-electron chi connectivity index (χ1n) is 8.90. The van der Waals surface area contributed by atoms with Crippen LogP contribution in [0.25, 0.3) is 22.2 Å². The van der Waals surface area contributed by atoms with Gasteiger partial charge in [0.15, 0.2) is 5.58 Å². The first-order valence-corrected chi connectivity index (χ1v) is 9.27. The average molecular weight is 417 g/mol. The molecule has 0 bridgehead atoms. The number of ether oxygens (including phenoxy) is 2. The van der Waals surface area contributed by atoms with Crippen LogP contribution in [0.5, 0.6) is 0 Å². The smallest absolute Gasteiger partial charge is 0.408 e. The van der Waals surface area contributed by atoms with E-state index < -0.39 is 17.7 Å². The fraction of sp³-hybridized carbons (Fsp3) is 0.286. The van der Waals surface area contributed by atoms with Crippen molar-refractivity contribution in [3.63, 3.8) is 0 Å². The molecule has 0 saturated heterocycles. The predicted octanol–water partition coefficient (Wildman–Crippen LogP) is 4.96. The molecule has 152 valence electrons. The van der Waals surface area contributed by atoms with Crippen molar-refractivity contribution in [2.45, 2.75) is 32.9 Å². The van der Waals surface area contributed by atoms with Crippen LogP contribution in [0.4, 0.5) is 4.79 Å². The lowest BCUT2D eigenvalue weighted by Crippen LogP contribution is -2.32. The molecule has 0 fully saturated rings. The van der Waals surface area contributed by atoms with Crippen molar-refractivity contribution in [3.05, 3.63) is 52.9 Å². The van der Waals surface area contributed by atoms with Crippen LogP contribution in [-0.2, 0) is 16.0 Å². The number of benzene rings is 1. The molecule has 3 aromatic rings. The Morgan fingerprint density at radius 1 is 1.21 bits per heavy atom. The summed E-state index contributed by atoms with van der Waals surface area (Å²) in [7, 11) is 1.32. The Hall–Kier alpha value is -3.06. The highest BCUT2D eigenvalue weighted by Crippen LogP contribution is 2.32. The summed E-state index contributed by atoms with van der Waals surface area (Å²) >= 11 is 6.37. The second-order valence-corrected chi connectivity index (χ2v) is 7.78. The molecular weight excluding hydrogens is 396 g/mol. The summed E-state index contributed by atoms with van der Waals surface area (Å²) in [5, 5.41) is 3.84. The van der Waals surface area contributed by atoms with Gasteiger partial charge in [-0.3, -0.25) is 4.98 Å². The van der Waals surface area contributed by atoms with Crippen molar-refractivity contribution >= 4 is 34.6 Å². The van der Waals surface area contributed by atoms with Crippen molar-refractivity contribution in [2.75, 3.05) is 7.11 Å². The second kappa shape index (κ2) is 8.13. The number of nitrogens with zero attached hydrogens (tertiary/aromatic N) is 1. The number of hydrogen-bond acceptors (Lipinski definition) is 6. The van der Waals surface area contributed by atoms with Gasteiger partial charge < -0.3 is 19.2 Å². The van der Waals surface area contributed by atoms with Gasteiger partial charge in [0, 0.05) is 17.1 Å². The lowest BCUT2D eigenvalue weighted by molar-refractivity contribution is 0.0519. The fourth-order valence-corrected chi connectivity index (χ4v) is 2.94. The molecule has 0 aliphatic heterocycles.